The van der Waals surface area contributed by atoms with Crippen LogP contribution in [0.1, 0.15) is 85.0 Å². The largest absolute Gasteiger partial charge is 0.431 e. The van der Waals surface area contributed by atoms with Gasteiger partial charge in [0.15, 0.2) is 6.29 Å². The maximum absolute atomic E-state index is 12.2. The molecule has 0 spiro atoms. The Morgan fingerprint density at radius 1 is 1.14 bits per heavy atom. The highest BCUT2D eigenvalue weighted by Gasteiger charge is 2.31. The van der Waals surface area contributed by atoms with Gasteiger partial charge in [0.2, 0.25) is 5.78 Å². The molecule has 0 amide bonds. The van der Waals surface area contributed by atoms with Gasteiger partial charge in [-0.05, 0) is 51.4 Å². The standard InChI is InChI=1S/C24H38O5/c1-4-5-6-7-8-11-14-20-16-17-22(26)21(20)15-12-9-10-13-18(2)23(27)24(28)29-19(3)25/h9,11-12,14,18-21,25H,4-8,10,13,15-17H2,1-3H3/t18?,19?,20-,21+/m0/s1. The van der Waals surface area contributed by atoms with Crippen LogP contribution >= 0.6 is 0 Å². The fourth-order valence-electron chi connectivity index (χ4n) is 3.68. The van der Waals surface area contributed by atoms with Crippen molar-refractivity contribution in [3.05, 3.63) is 24.3 Å². The Labute approximate surface area is 175 Å². The van der Waals surface area contributed by atoms with Crippen molar-refractivity contribution in [2.75, 3.05) is 0 Å². The highest BCUT2D eigenvalue weighted by Crippen LogP contribution is 2.33. The van der Waals surface area contributed by atoms with Crippen LogP contribution in [0.25, 0.3) is 0 Å². The first-order valence-electron chi connectivity index (χ1n) is 11.1. The number of hydrogen-bond donors (Lipinski definition) is 1. The van der Waals surface area contributed by atoms with Crippen molar-refractivity contribution in [2.45, 2.75) is 91.3 Å². The summed E-state index contributed by atoms with van der Waals surface area (Å²) in [5.74, 6) is -1.30. The molecule has 1 N–H and O–H groups in total. The van der Waals surface area contributed by atoms with Crippen molar-refractivity contribution in [2.24, 2.45) is 17.8 Å². The predicted molar refractivity (Wildman–Crippen MR) is 114 cm³/mol. The predicted octanol–water partition coefficient (Wildman–Crippen LogP) is 4.92. The monoisotopic (exact) mass is 406 g/mol. The summed E-state index contributed by atoms with van der Waals surface area (Å²) in [6, 6.07) is 0. The summed E-state index contributed by atoms with van der Waals surface area (Å²) in [7, 11) is 0. The molecule has 0 bridgehead atoms. The van der Waals surface area contributed by atoms with Gasteiger partial charge in [-0.1, -0.05) is 57.4 Å². The molecule has 5 nitrogen and oxygen atoms in total. The number of allylic oxidation sites excluding steroid dienone is 4. The molecule has 1 saturated carbocycles. The van der Waals surface area contributed by atoms with Gasteiger partial charge in [0.25, 0.3) is 0 Å². The number of rotatable bonds is 14. The quantitative estimate of drug-likeness (QED) is 0.146. The molecule has 29 heavy (non-hydrogen) atoms. The van der Waals surface area contributed by atoms with E-state index in [4.69, 9.17) is 5.11 Å². The molecule has 0 aromatic carbocycles. The summed E-state index contributed by atoms with van der Waals surface area (Å²) in [6.45, 7) is 5.18. The SMILES string of the molecule is CCCCCCC=C[C@H]1CCC(=O)[C@@H]1CC=CCCC(C)C(=O)C(=O)OC(C)O. The lowest BCUT2D eigenvalue weighted by Gasteiger charge is -2.13. The van der Waals surface area contributed by atoms with Gasteiger partial charge in [0, 0.05) is 18.3 Å². The number of Topliss-reactive ketones (excluding diaryl/α,β-unsaturated/α-hetero) is 2. The number of ether oxygens (including phenoxy) is 1. The Balaban J connectivity index is 2.35. The molecule has 1 aliphatic rings. The Morgan fingerprint density at radius 3 is 2.59 bits per heavy atom. The van der Waals surface area contributed by atoms with E-state index < -0.39 is 24.0 Å². The van der Waals surface area contributed by atoms with Gasteiger partial charge in [-0.2, -0.15) is 0 Å². The molecule has 0 heterocycles. The zero-order chi connectivity index (χ0) is 21.6. The maximum atomic E-state index is 12.2. The Kier molecular flexibility index (Phi) is 12.4. The van der Waals surface area contributed by atoms with Crippen LogP contribution in [0.4, 0.5) is 0 Å². The van der Waals surface area contributed by atoms with Crippen LogP contribution in [0.3, 0.4) is 0 Å². The highest BCUT2D eigenvalue weighted by atomic mass is 16.6. The van der Waals surface area contributed by atoms with Crippen LogP contribution in [-0.4, -0.2) is 28.9 Å². The number of aliphatic hydroxyl groups excluding tert-OH is 1. The van der Waals surface area contributed by atoms with E-state index >= 15 is 0 Å². The number of carbonyl (C=O) groups is 3. The fourth-order valence-corrected chi connectivity index (χ4v) is 3.68. The van der Waals surface area contributed by atoms with E-state index in [1.807, 2.05) is 12.2 Å². The third-order valence-corrected chi connectivity index (χ3v) is 5.51. The molecule has 2 unspecified atom stereocenters. The van der Waals surface area contributed by atoms with E-state index in [9.17, 15) is 14.4 Å². The molecule has 5 heteroatoms. The van der Waals surface area contributed by atoms with Gasteiger partial charge in [-0.15, -0.1) is 0 Å². The summed E-state index contributed by atoms with van der Waals surface area (Å²) in [5.41, 5.74) is 0. The van der Waals surface area contributed by atoms with Gasteiger partial charge in [0.1, 0.15) is 5.78 Å². The van der Waals surface area contributed by atoms with Crippen molar-refractivity contribution in [1.82, 2.24) is 0 Å². The number of hydrogen-bond acceptors (Lipinski definition) is 5. The van der Waals surface area contributed by atoms with Crippen molar-refractivity contribution in [3.8, 4) is 0 Å². The molecule has 1 fully saturated rings. The van der Waals surface area contributed by atoms with Gasteiger partial charge in [0.05, 0.1) is 0 Å². The van der Waals surface area contributed by atoms with Crippen LogP contribution in [0.15, 0.2) is 24.3 Å². The number of carbonyl (C=O) groups excluding carboxylic acids is 3. The minimum atomic E-state index is -1.28. The van der Waals surface area contributed by atoms with Crippen LogP contribution in [0.2, 0.25) is 0 Å². The van der Waals surface area contributed by atoms with E-state index in [1.165, 1.54) is 32.6 Å². The van der Waals surface area contributed by atoms with Crippen LogP contribution < -0.4 is 0 Å². The molecule has 1 aliphatic carbocycles. The van der Waals surface area contributed by atoms with Gasteiger partial charge >= 0.3 is 5.97 Å². The zero-order valence-corrected chi connectivity index (χ0v) is 18.3. The average molecular weight is 407 g/mol. The van der Waals surface area contributed by atoms with Crippen molar-refractivity contribution >= 4 is 17.5 Å². The number of aliphatic hydroxyl groups is 1. The zero-order valence-electron chi connectivity index (χ0n) is 18.3. The van der Waals surface area contributed by atoms with Gasteiger partial charge in [-0.25, -0.2) is 4.79 Å². The summed E-state index contributed by atoms with van der Waals surface area (Å²) in [6.07, 6.45) is 16.9. The first-order chi connectivity index (χ1) is 13.9. The second-order valence-electron chi connectivity index (χ2n) is 8.11. The minimum Gasteiger partial charge on any atom is -0.431 e. The second kappa shape index (κ2) is 14.3. The van der Waals surface area contributed by atoms with Crippen molar-refractivity contribution < 1.29 is 24.2 Å². The van der Waals surface area contributed by atoms with E-state index in [-0.39, 0.29) is 5.92 Å². The lowest BCUT2D eigenvalue weighted by atomic mass is 9.91. The van der Waals surface area contributed by atoms with E-state index in [0.29, 0.717) is 31.0 Å². The lowest BCUT2D eigenvalue weighted by molar-refractivity contribution is -0.171. The average Bonchev–Trinajstić information content (AvgIpc) is 3.02. The van der Waals surface area contributed by atoms with E-state index in [2.05, 4.69) is 23.8 Å². The maximum Gasteiger partial charge on any atom is 0.377 e. The Morgan fingerprint density at radius 2 is 1.90 bits per heavy atom. The third-order valence-electron chi connectivity index (χ3n) is 5.51. The lowest BCUT2D eigenvalue weighted by Crippen LogP contribution is -2.27. The minimum absolute atomic E-state index is 0.0678. The number of esters is 1. The van der Waals surface area contributed by atoms with Crippen LogP contribution in [-0.2, 0) is 19.1 Å². The smallest absolute Gasteiger partial charge is 0.377 e. The molecule has 164 valence electrons. The first-order valence-corrected chi connectivity index (χ1v) is 11.1. The van der Waals surface area contributed by atoms with Gasteiger partial charge in [-0.3, -0.25) is 9.59 Å². The summed E-state index contributed by atoms with van der Waals surface area (Å²) in [4.78, 5) is 35.6. The topological polar surface area (TPSA) is 80.7 Å². The van der Waals surface area contributed by atoms with Crippen molar-refractivity contribution in [1.29, 1.82) is 0 Å². The summed E-state index contributed by atoms with van der Waals surface area (Å²) < 4.78 is 4.52. The molecule has 4 atom stereocenters. The molecule has 0 saturated heterocycles. The number of unbranched alkanes of at least 4 members (excludes halogenated alkanes) is 4. The summed E-state index contributed by atoms with van der Waals surface area (Å²) >= 11 is 0. The molecular weight excluding hydrogens is 368 g/mol. The van der Waals surface area contributed by atoms with Crippen molar-refractivity contribution in [3.63, 3.8) is 0 Å². The Bertz CT molecular complexity index is 576. The van der Waals surface area contributed by atoms with Crippen LogP contribution in [0, 0.1) is 17.8 Å². The van der Waals surface area contributed by atoms with E-state index in [0.717, 1.165) is 19.3 Å². The third kappa shape index (κ3) is 10.0. The molecular formula is C24H38O5. The normalized spacial score (nSPS) is 21.7. The summed E-state index contributed by atoms with van der Waals surface area (Å²) in [5, 5.41) is 9.01. The fraction of sp³-hybridized carbons (Fsp3) is 0.708. The van der Waals surface area contributed by atoms with Gasteiger partial charge < -0.3 is 9.84 Å². The molecule has 0 aliphatic heterocycles. The number of ketones is 2. The molecule has 0 aromatic rings. The highest BCUT2D eigenvalue weighted by molar-refractivity contribution is 6.34. The first kappa shape index (κ1) is 25.3. The molecule has 0 aromatic heterocycles. The second-order valence-corrected chi connectivity index (χ2v) is 8.11. The van der Waals surface area contributed by atoms with E-state index in [1.54, 1.807) is 6.92 Å². The van der Waals surface area contributed by atoms with Crippen LogP contribution in [0.5, 0.6) is 0 Å². The molecule has 1 rings (SSSR count). The Hall–Kier alpha value is -1.75. The molecule has 0 radical (unpaired) electrons.